The molecule has 1 aromatic heterocycles. The third kappa shape index (κ3) is 4.13. The molecule has 0 fully saturated rings. The molecule has 0 bridgehead atoms. The van der Waals surface area contributed by atoms with Crippen LogP contribution in [-0.4, -0.2) is 25.0 Å². The highest BCUT2D eigenvalue weighted by Gasteiger charge is 2.18. The van der Waals surface area contributed by atoms with Crippen molar-refractivity contribution in [3.63, 3.8) is 0 Å². The second kappa shape index (κ2) is 8.30. The predicted octanol–water partition coefficient (Wildman–Crippen LogP) is 2.25. The van der Waals surface area contributed by atoms with E-state index in [9.17, 15) is 14.4 Å². The lowest BCUT2D eigenvalue weighted by atomic mass is 10.2. The highest BCUT2D eigenvalue weighted by Crippen LogP contribution is 2.15. The molecule has 2 aromatic rings. The van der Waals surface area contributed by atoms with Crippen LogP contribution in [0, 0.1) is 0 Å². The van der Waals surface area contributed by atoms with Gasteiger partial charge in [0.15, 0.2) is 5.82 Å². The number of hydrogen-bond donors (Lipinski definition) is 1. The van der Waals surface area contributed by atoms with Gasteiger partial charge in [0.05, 0.1) is 12.1 Å². The third-order valence-corrected chi connectivity index (χ3v) is 4.71. The number of benzene rings is 1. The van der Waals surface area contributed by atoms with Crippen molar-refractivity contribution >= 4 is 23.2 Å². The molecule has 1 aromatic carbocycles. The molecule has 1 amide bonds. The van der Waals surface area contributed by atoms with Gasteiger partial charge in [-0.1, -0.05) is 17.7 Å². The number of pyridine rings is 2. The van der Waals surface area contributed by atoms with Crippen molar-refractivity contribution in [1.29, 1.82) is 0 Å². The molecule has 2 aliphatic rings. The standard InChI is InChI=1S/C21H16ClN5O3/c22-15-5-7-16(8-6-15)24-18(28)13-26-10-2-4-17-19(26)25-21(30)27(20(17)29)12-14-3-1-9-23-11-14/h1-11H,12-13H2,(H,24,28). The number of nitrogens with zero attached hydrogens (tertiary/aromatic N) is 4. The summed E-state index contributed by atoms with van der Waals surface area (Å²) < 4.78 is 2.52. The molecular weight excluding hydrogens is 406 g/mol. The van der Waals surface area contributed by atoms with Crippen molar-refractivity contribution in [2.75, 3.05) is 5.32 Å². The summed E-state index contributed by atoms with van der Waals surface area (Å²) >= 11 is 5.85. The molecule has 0 radical (unpaired) electrons. The van der Waals surface area contributed by atoms with Gasteiger partial charge in [0.1, 0.15) is 6.54 Å². The highest BCUT2D eigenvalue weighted by atomic mass is 35.5. The van der Waals surface area contributed by atoms with Gasteiger partial charge in [0, 0.05) is 29.3 Å². The molecule has 9 heteroatoms. The molecule has 0 saturated carbocycles. The van der Waals surface area contributed by atoms with Crippen molar-refractivity contribution in [1.82, 2.24) is 19.1 Å². The van der Waals surface area contributed by atoms with E-state index in [0.717, 1.165) is 4.57 Å². The molecule has 150 valence electrons. The number of nitrogens with one attached hydrogen (secondary N) is 1. The zero-order valence-corrected chi connectivity index (χ0v) is 16.4. The summed E-state index contributed by atoms with van der Waals surface area (Å²) in [7, 11) is 0. The fourth-order valence-electron chi connectivity index (χ4n) is 3.05. The van der Waals surface area contributed by atoms with E-state index in [1.807, 2.05) is 0 Å². The number of rotatable bonds is 5. The van der Waals surface area contributed by atoms with Gasteiger partial charge in [-0.05, 0) is 48.0 Å². The Kier molecular flexibility index (Phi) is 5.40. The smallest absolute Gasteiger partial charge is 0.325 e. The average Bonchev–Trinajstić information content (AvgIpc) is 2.74. The number of carbonyl (C=O) groups excluding carboxylic acids is 1. The molecule has 2 aliphatic heterocycles. The van der Waals surface area contributed by atoms with E-state index in [2.05, 4.69) is 15.3 Å². The van der Waals surface area contributed by atoms with Crippen molar-refractivity contribution in [2.24, 2.45) is 0 Å². The maximum atomic E-state index is 12.9. The number of carbonyl (C=O) groups is 1. The van der Waals surface area contributed by atoms with Gasteiger partial charge in [-0.2, -0.15) is 4.98 Å². The fraction of sp³-hybridized carbons (Fsp3) is 0.0952. The molecule has 0 saturated heterocycles. The number of anilines is 1. The number of amides is 1. The molecular formula is C21H16ClN5O3. The van der Waals surface area contributed by atoms with Crippen LogP contribution in [0.25, 0.3) is 11.4 Å². The molecule has 4 rings (SSSR count). The largest absolute Gasteiger partial charge is 0.352 e. The summed E-state index contributed by atoms with van der Waals surface area (Å²) in [6, 6.07) is 13.4. The zero-order chi connectivity index (χ0) is 21.1. The number of fused-ring (bicyclic) bond motifs is 1. The third-order valence-electron chi connectivity index (χ3n) is 4.46. The Labute approximate surface area is 175 Å². The van der Waals surface area contributed by atoms with E-state index in [4.69, 9.17) is 11.6 Å². The molecule has 8 nitrogen and oxygen atoms in total. The van der Waals surface area contributed by atoms with Crippen LogP contribution in [0.15, 0.2) is 76.7 Å². The van der Waals surface area contributed by atoms with E-state index in [0.29, 0.717) is 16.3 Å². The van der Waals surface area contributed by atoms with Crippen molar-refractivity contribution in [2.45, 2.75) is 13.1 Å². The van der Waals surface area contributed by atoms with Gasteiger partial charge in [0.25, 0.3) is 5.56 Å². The second-order valence-corrected chi connectivity index (χ2v) is 7.01. The number of hydrogen-bond acceptors (Lipinski definition) is 5. The van der Waals surface area contributed by atoms with Crippen LogP contribution in [0.2, 0.25) is 5.02 Å². The van der Waals surface area contributed by atoms with Crippen LogP contribution >= 0.6 is 11.6 Å². The minimum atomic E-state index is -0.686. The van der Waals surface area contributed by atoms with Gasteiger partial charge >= 0.3 is 5.69 Å². The first-order chi connectivity index (χ1) is 14.5. The van der Waals surface area contributed by atoms with Crippen LogP contribution in [0.4, 0.5) is 5.69 Å². The SMILES string of the molecule is O=C(Cn1cccc2c(=O)n(Cc3cccnc3)c(=O)nc1-2)Nc1ccc(Cl)cc1. The average molecular weight is 422 g/mol. The Bertz CT molecular complexity index is 1280. The van der Waals surface area contributed by atoms with E-state index in [1.165, 1.54) is 4.57 Å². The summed E-state index contributed by atoms with van der Waals surface area (Å²) in [5.41, 5.74) is 0.390. The topological polar surface area (TPSA) is 98.9 Å². The predicted molar refractivity (Wildman–Crippen MR) is 113 cm³/mol. The molecule has 0 atom stereocenters. The van der Waals surface area contributed by atoms with Gasteiger partial charge < -0.3 is 9.88 Å². The van der Waals surface area contributed by atoms with Gasteiger partial charge in [0.2, 0.25) is 5.91 Å². The normalized spacial score (nSPS) is 10.8. The van der Waals surface area contributed by atoms with Gasteiger partial charge in [-0.25, -0.2) is 4.79 Å². The Morgan fingerprint density at radius 1 is 1.07 bits per heavy atom. The number of halogens is 1. The first-order valence-electron chi connectivity index (χ1n) is 9.05. The summed E-state index contributed by atoms with van der Waals surface area (Å²) in [6.45, 7) is -0.0428. The molecule has 1 N–H and O–H groups in total. The fourth-order valence-corrected chi connectivity index (χ4v) is 3.17. The van der Waals surface area contributed by atoms with Crippen LogP contribution < -0.4 is 16.6 Å². The van der Waals surface area contributed by atoms with Gasteiger partial charge in [-0.3, -0.25) is 19.1 Å². The molecule has 3 heterocycles. The van der Waals surface area contributed by atoms with Crippen LogP contribution in [0.1, 0.15) is 5.56 Å². The van der Waals surface area contributed by atoms with Crippen molar-refractivity contribution < 1.29 is 4.79 Å². The summed E-state index contributed by atoms with van der Waals surface area (Å²) in [4.78, 5) is 45.9. The Morgan fingerprint density at radius 2 is 1.87 bits per heavy atom. The van der Waals surface area contributed by atoms with E-state index in [1.54, 1.807) is 67.1 Å². The Balaban J connectivity index is 1.63. The molecule has 0 spiro atoms. The summed E-state index contributed by atoms with van der Waals surface area (Å²) in [6.07, 6.45) is 4.80. The van der Waals surface area contributed by atoms with Crippen molar-refractivity contribution in [3.05, 3.63) is 98.5 Å². The molecule has 0 unspecified atom stereocenters. The molecule has 0 aliphatic carbocycles. The monoisotopic (exact) mass is 421 g/mol. The summed E-state index contributed by atoms with van der Waals surface area (Å²) in [5.74, 6) is -0.176. The van der Waals surface area contributed by atoms with Crippen LogP contribution in [-0.2, 0) is 17.9 Å². The molecule has 30 heavy (non-hydrogen) atoms. The minimum Gasteiger partial charge on any atom is -0.325 e. The maximum absolute atomic E-state index is 12.9. The van der Waals surface area contributed by atoms with E-state index < -0.39 is 11.2 Å². The van der Waals surface area contributed by atoms with Gasteiger partial charge in [-0.15, -0.1) is 0 Å². The lowest BCUT2D eigenvalue weighted by Crippen LogP contribution is -2.38. The number of aromatic nitrogens is 4. The lowest BCUT2D eigenvalue weighted by molar-refractivity contribution is -0.116. The highest BCUT2D eigenvalue weighted by molar-refractivity contribution is 6.30. The first kappa shape index (κ1) is 19.5. The summed E-state index contributed by atoms with van der Waals surface area (Å²) in [5, 5.41) is 3.30. The van der Waals surface area contributed by atoms with Crippen LogP contribution in [0.3, 0.4) is 0 Å². The van der Waals surface area contributed by atoms with E-state index >= 15 is 0 Å². The van der Waals surface area contributed by atoms with Crippen molar-refractivity contribution in [3.8, 4) is 11.4 Å². The Morgan fingerprint density at radius 3 is 2.60 bits per heavy atom. The quantitative estimate of drug-likeness (QED) is 0.533. The van der Waals surface area contributed by atoms with E-state index in [-0.39, 0.29) is 30.4 Å². The lowest BCUT2D eigenvalue weighted by Gasteiger charge is -2.15. The van der Waals surface area contributed by atoms with Crippen LogP contribution in [0.5, 0.6) is 0 Å². The zero-order valence-electron chi connectivity index (χ0n) is 15.7. The minimum absolute atomic E-state index is 0.0698. The second-order valence-electron chi connectivity index (χ2n) is 6.58. The Hall–Kier alpha value is -3.78. The maximum Gasteiger partial charge on any atom is 0.352 e. The first-order valence-corrected chi connectivity index (χ1v) is 9.43.